The molecule has 31 heavy (non-hydrogen) atoms. The predicted molar refractivity (Wildman–Crippen MR) is 121 cm³/mol. The van der Waals surface area contributed by atoms with Gasteiger partial charge in [0.1, 0.15) is 0 Å². The van der Waals surface area contributed by atoms with Crippen LogP contribution in [0.15, 0.2) is 0 Å². The maximum atomic E-state index is 11.4. The van der Waals surface area contributed by atoms with Crippen LogP contribution < -0.4 is 0 Å². The molecule has 5 aliphatic rings. The van der Waals surface area contributed by atoms with Crippen molar-refractivity contribution >= 4 is 0 Å². The van der Waals surface area contributed by atoms with Crippen molar-refractivity contribution in [3.8, 4) is 0 Å². The third-order valence-electron chi connectivity index (χ3n) is 11.6. The molecule has 0 radical (unpaired) electrons. The van der Waals surface area contributed by atoms with Gasteiger partial charge in [-0.3, -0.25) is 0 Å². The zero-order chi connectivity index (χ0) is 22.2. The van der Waals surface area contributed by atoms with Crippen LogP contribution in [0.1, 0.15) is 91.9 Å². The van der Waals surface area contributed by atoms with Gasteiger partial charge in [0.15, 0.2) is 5.79 Å². The summed E-state index contributed by atoms with van der Waals surface area (Å²) < 4.78 is 6.50. The largest absolute Gasteiger partial charge is 0.396 e. The minimum atomic E-state index is -1.02. The Balaban J connectivity index is 1.35. The van der Waals surface area contributed by atoms with Gasteiger partial charge in [-0.15, -0.1) is 0 Å². The van der Waals surface area contributed by atoms with E-state index < -0.39 is 5.79 Å². The molecule has 6 unspecified atom stereocenters. The van der Waals surface area contributed by atoms with Gasteiger partial charge in [0.2, 0.25) is 0 Å². The molecule has 0 spiro atoms. The van der Waals surface area contributed by atoms with Gasteiger partial charge in [-0.1, -0.05) is 27.7 Å². The molecule has 0 aromatic rings. The fourth-order valence-corrected chi connectivity index (χ4v) is 9.76. The number of hydrogen-bond donors (Lipinski definition) is 3. The van der Waals surface area contributed by atoms with Crippen LogP contribution in [0.25, 0.3) is 0 Å². The summed E-state index contributed by atoms with van der Waals surface area (Å²) >= 11 is 0. The predicted octanol–water partition coefficient (Wildman–Crippen LogP) is 4.75. The topological polar surface area (TPSA) is 69.9 Å². The van der Waals surface area contributed by atoms with E-state index in [2.05, 4.69) is 20.8 Å². The van der Waals surface area contributed by atoms with Crippen LogP contribution in [0.3, 0.4) is 0 Å². The summed E-state index contributed by atoms with van der Waals surface area (Å²) in [5.41, 5.74) is 0.685. The van der Waals surface area contributed by atoms with Crippen molar-refractivity contribution in [1.82, 2.24) is 0 Å². The van der Waals surface area contributed by atoms with E-state index in [9.17, 15) is 15.3 Å². The van der Waals surface area contributed by atoms with Gasteiger partial charge in [-0.2, -0.15) is 0 Å². The highest BCUT2D eigenvalue weighted by molar-refractivity contribution is 5.14. The molecule has 5 rings (SSSR count). The van der Waals surface area contributed by atoms with Gasteiger partial charge in [0.25, 0.3) is 0 Å². The van der Waals surface area contributed by atoms with Gasteiger partial charge in [-0.25, -0.2) is 0 Å². The van der Waals surface area contributed by atoms with E-state index in [1.807, 2.05) is 6.92 Å². The Bertz CT molecular complexity index is 682. The molecule has 0 aromatic carbocycles. The van der Waals surface area contributed by atoms with Gasteiger partial charge < -0.3 is 20.1 Å². The van der Waals surface area contributed by atoms with E-state index in [4.69, 9.17) is 4.74 Å². The first-order chi connectivity index (χ1) is 14.6. The molecule has 12 atom stereocenters. The summed E-state index contributed by atoms with van der Waals surface area (Å²) in [6.07, 6.45) is 11.1. The summed E-state index contributed by atoms with van der Waals surface area (Å²) in [5.74, 6) is 2.81. The van der Waals surface area contributed by atoms with Crippen molar-refractivity contribution in [3.63, 3.8) is 0 Å². The number of aliphatic hydroxyl groups is 3. The fraction of sp³-hybridized carbons (Fsp3) is 1.00. The average molecular weight is 435 g/mol. The zero-order valence-electron chi connectivity index (χ0n) is 20.2. The first-order valence-electron chi connectivity index (χ1n) is 13.3. The molecule has 4 heteroatoms. The summed E-state index contributed by atoms with van der Waals surface area (Å²) in [5, 5.41) is 31.1. The summed E-state index contributed by atoms with van der Waals surface area (Å²) in [6.45, 7) is 9.54. The smallest absolute Gasteiger partial charge is 0.168 e. The highest BCUT2D eigenvalue weighted by atomic mass is 16.6. The molecular weight excluding hydrogens is 388 g/mol. The molecule has 5 fully saturated rings. The SMILES string of the molecule is C[C@H](CO)CC[C@@]1(O)OC2CC3C4CCC5C[C@@H](O)CC[C@]5(C)C4CC[C@]3(C)C2[C@@H]1C. The average Bonchev–Trinajstić information content (AvgIpc) is 3.17. The number of ether oxygens (including phenoxy) is 1. The van der Waals surface area contributed by atoms with Gasteiger partial charge in [-0.05, 0) is 104 Å². The molecule has 0 amide bonds. The molecule has 0 aromatic heterocycles. The maximum Gasteiger partial charge on any atom is 0.168 e. The van der Waals surface area contributed by atoms with Gasteiger partial charge >= 0.3 is 0 Å². The lowest BCUT2D eigenvalue weighted by atomic mass is 9.44. The highest BCUT2D eigenvalue weighted by Gasteiger charge is 2.68. The molecule has 1 aliphatic heterocycles. The van der Waals surface area contributed by atoms with Crippen molar-refractivity contribution in [2.75, 3.05) is 6.61 Å². The highest BCUT2D eigenvalue weighted by Crippen LogP contribution is 2.70. The Morgan fingerprint density at radius 2 is 1.74 bits per heavy atom. The molecule has 1 heterocycles. The summed E-state index contributed by atoms with van der Waals surface area (Å²) in [6, 6.07) is 0. The molecule has 4 saturated carbocycles. The van der Waals surface area contributed by atoms with Crippen molar-refractivity contribution in [2.45, 2.75) is 110 Å². The lowest BCUT2D eigenvalue weighted by Crippen LogP contribution is -2.54. The van der Waals surface area contributed by atoms with Crippen LogP contribution in [0.4, 0.5) is 0 Å². The Kier molecular flexibility index (Phi) is 5.61. The Hall–Kier alpha value is -0.160. The molecule has 3 N–H and O–H groups in total. The van der Waals surface area contributed by atoms with Crippen molar-refractivity contribution < 1.29 is 20.1 Å². The Morgan fingerprint density at radius 3 is 2.48 bits per heavy atom. The quantitative estimate of drug-likeness (QED) is 0.597. The van der Waals surface area contributed by atoms with E-state index in [-0.39, 0.29) is 36.1 Å². The lowest BCUT2D eigenvalue weighted by molar-refractivity contribution is -0.222. The molecule has 178 valence electrons. The van der Waals surface area contributed by atoms with Crippen LogP contribution in [0.5, 0.6) is 0 Å². The van der Waals surface area contributed by atoms with Crippen molar-refractivity contribution in [2.24, 2.45) is 52.3 Å². The minimum Gasteiger partial charge on any atom is -0.396 e. The molecule has 0 bridgehead atoms. The zero-order valence-corrected chi connectivity index (χ0v) is 20.2. The van der Waals surface area contributed by atoms with E-state index in [0.717, 1.165) is 37.5 Å². The number of fused-ring (bicyclic) bond motifs is 7. The van der Waals surface area contributed by atoms with Crippen LogP contribution in [-0.2, 0) is 4.74 Å². The summed E-state index contributed by atoms with van der Waals surface area (Å²) in [7, 11) is 0. The van der Waals surface area contributed by atoms with E-state index in [1.165, 1.54) is 32.1 Å². The van der Waals surface area contributed by atoms with Gasteiger partial charge in [0, 0.05) is 18.9 Å². The van der Waals surface area contributed by atoms with Crippen LogP contribution >= 0.6 is 0 Å². The number of rotatable bonds is 4. The van der Waals surface area contributed by atoms with Gasteiger partial charge in [0.05, 0.1) is 12.2 Å². The van der Waals surface area contributed by atoms with Crippen LogP contribution in [0, 0.1) is 52.3 Å². The Labute approximate surface area is 189 Å². The number of hydrogen-bond acceptors (Lipinski definition) is 4. The summed E-state index contributed by atoms with van der Waals surface area (Å²) in [4.78, 5) is 0. The van der Waals surface area contributed by atoms with Crippen molar-refractivity contribution in [3.05, 3.63) is 0 Å². The number of aliphatic hydroxyl groups excluding tert-OH is 2. The third kappa shape index (κ3) is 3.29. The molecular formula is C27H46O4. The van der Waals surface area contributed by atoms with E-state index >= 15 is 0 Å². The lowest BCUT2D eigenvalue weighted by Gasteiger charge is -2.61. The molecule has 4 nitrogen and oxygen atoms in total. The van der Waals surface area contributed by atoms with E-state index in [1.54, 1.807) is 0 Å². The standard InChI is InChI=1S/C27H46O4/c1-16(15-28)7-12-27(30)17(2)24-23(31-27)14-22-20-6-5-18-13-19(29)8-10-25(18,3)21(20)9-11-26(22,24)4/h16-24,28-30H,5-15H2,1-4H3/t16-,17-,18?,19-,20?,21?,22?,23?,24?,25-,26-,27+/m0/s1. The normalized spacial score (nSPS) is 57.0. The van der Waals surface area contributed by atoms with Crippen LogP contribution in [0.2, 0.25) is 0 Å². The van der Waals surface area contributed by atoms with E-state index in [0.29, 0.717) is 29.6 Å². The first-order valence-corrected chi connectivity index (χ1v) is 13.3. The maximum absolute atomic E-state index is 11.4. The first kappa shape index (κ1) is 22.6. The fourth-order valence-electron chi connectivity index (χ4n) is 9.76. The minimum absolute atomic E-state index is 0.0743. The Morgan fingerprint density at radius 1 is 1.00 bits per heavy atom. The molecule has 1 saturated heterocycles. The second-order valence-corrected chi connectivity index (χ2v) is 13.0. The second-order valence-electron chi connectivity index (χ2n) is 13.0. The third-order valence-corrected chi connectivity index (χ3v) is 11.6. The monoisotopic (exact) mass is 434 g/mol. The second kappa shape index (κ2) is 7.68. The van der Waals surface area contributed by atoms with Crippen LogP contribution in [-0.4, -0.2) is 39.9 Å². The van der Waals surface area contributed by atoms with Crippen molar-refractivity contribution in [1.29, 1.82) is 0 Å². The molecule has 4 aliphatic carbocycles.